The number of benzene rings is 1. The Bertz CT molecular complexity index is 431. The number of hydrogen-bond acceptors (Lipinski definition) is 3. The molecule has 1 aliphatic rings. The van der Waals surface area contributed by atoms with Crippen molar-refractivity contribution in [3.05, 3.63) is 35.6 Å². The van der Waals surface area contributed by atoms with Crippen LogP contribution in [0, 0.1) is 5.82 Å². The molecule has 0 aromatic heterocycles. The first-order valence-electron chi connectivity index (χ1n) is 6.57. The summed E-state index contributed by atoms with van der Waals surface area (Å²) in [5.74, 6) is 4.67. The van der Waals surface area contributed by atoms with Crippen LogP contribution in [0.15, 0.2) is 24.3 Å². The van der Waals surface area contributed by atoms with Crippen LogP contribution in [0.5, 0.6) is 0 Å². The van der Waals surface area contributed by atoms with Gasteiger partial charge in [0.2, 0.25) is 5.91 Å². The molecule has 19 heavy (non-hydrogen) atoms. The van der Waals surface area contributed by atoms with Crippen molar-refractivity contribution < 1.29 is 14.0 Å². The molecule has 5 heteroatoms. The maximum Gasteiger partial charge on any atom is 0.224 e. The van der Waals surface area contributed by atoms with Crippen LogP contribution in [0.4, 0.5) is 4.39 Å². The molecule has 0 heterocycles. The first kappa shape index (κ1) is 14.0. The van der Waals surface area contributed by atoms with Gasteiger partial charge in [-0.05, 0) is 37.3 Å². The van der Waals surface area contributed by atoms with Crippen molar-refractivity contribution >= 4 is 5.91 Å². The largest absolute Gasteiger partial charge is 0.353 e. The summed E-state index contributed by atoms with van der Waals surface area (Å²) in [6, 6.07) is 6.49. The third kappa shape index (κ3) is 4.01. The SMILES string of the molecule is NOC1CCC(NC(=O)Cc2ccccc2F)CC1. The van der Waals surface area contributed by atoms with Gasteiger partial charge >= 0.3 is 0 Å². The summed E-state index contributed by atoms with van der Waals surface area (Å²) in [6.07, 6.45) is 3.58. The van der Waals surface area contributed by atoms with Gasteiger partial charge < -0.3 is 10.2 Å². The number of hydrogen-bond donors (Lipinski definition) is 2. The molecule has 1 amide bonds. The molecule has 104 valence electrons. The fourth-order valence-electron chi connectivity index (χ4n) is 2.44. The van der Waals surface area contributed by atoms with Gasteiger partial charge in [-0.3, -0.25) is 4.79 Å². The molecule has 0 saturated heterocycles. The third-order valence-electron chi connectivity index (χ3n) is 3.54. The van der Waals surface area contributed by atoms with Crippen LogP contribution < -0.4 is 11.2 Å². The van der Waals surface area contributed by atoms with Gasteiger partial charge in [0.05, 0.1) is 12.5 Å². The van der Waals surface area contributed by atoms with E-state index in [1.807, 2.05) is 0 Å². The molecule has 1 aromatic carbocycles. The topological polar surface area (TPSA) is 64.3 Å². The standard InChI is InChI=1S/C14H19FN2O2/c15-13-4-2-1-3-10(13)9-14(18)17-11-5-7-12(19-16)8-6-11/h1-4,11-12H,5-9,16H2,(H,17,18). The Balaban J connectivity index is 1.81. The quantitative estimate of drug-likeness (QED) is 0.815. The fraction of sp³-hybridized carbons (Fsp3) is 0.500. The maximum atomic E-state index is 13.4. The minimum absolute atomic E-state index is 0.0833. The molecule has 1 aliphatic carbocycles. The van der Waals surface area contributed by atoms with Crippen LogP contribution in [0.3, 0.4) is 0 Å². The highest BCUT2D eigenvalue weighted by atomic mass is 19.1. The molecule has 0 radical (unpaired) electrons. The maximum absolute atomic E-state index is 13.4. The molecule has 1 saturated carbocycles. The molecular formula is C14H19FN2O2. The van der Waals surface area contributed by atoms with Crippen LogP contribution in [0.1, 0.15) is 31.2 Å². The molecule has 0 unspecified atom stereocenters. The molecular weight excluding hydrogens is 247 g/mol. The van der Waals surface area contributed by atoms with Crippen molar-refractivity contribution in [2.75, 3.05) is 0 Å². The van der Waals surface area contributed by atoms with Crippen molar-refractivity contribution in [2.45, 2.75) is 44.2 Å². The summed E-state index contributed by atoms with van der Waals surface area (Å²) in [5, 5.41) is 2.94. The van der Waals surface area contributed by atoms with Crippen LogP contribution in [0.25, 0.3) is 0 Å². The van der Waals surface area contributed by atoms with Crippen LogP contribution >= 0.6 is 0 Å². The van der Waals surface area contributed by atoms with E-state index in [1.54, 1.807) is 18.2 Å². The minimum Gasteiger partial charge on any atom is -0.353 e. The number of carbonyl (C=O) groups excluding carboxylic acids is 1. The number of rotatable bonds is 4. The van der Waals surface area contributed by atoms with E-state index in [2.05, 4.69) is 5.32 Å². The van der Waals surface area contributed by atoms with Gasteiger partial charge in [0.25, 0.3) is 0 Å². The molecule has 0 spiro atoms. The minimum atomic E-state index is -0.335. The Morgan fingerprint density at radius 3 is 2.63 bits per heavy atom. The Kier molecular flexibility index (Phi) is 4.87. The molecule has 1 aromatic rings. The van der Waals surface area contributed by atoms with E-state index < -0.39 is 0 Å². The van der Waals surface area contributed by atoms with Crippen molar-refractivity contribution in [2.24, 2.45) is 5.90 Å². The smallest absolute Gasteiger partial charge is 0.224 e. The summed E-state index contributed by atoms with van der Waals surface area (Å²) in [6.45, 7) is 0. The zero-order chi connectivity index (χ0) is 13.7. The summed E-state index contributed by atoms with van der Waals surface area (Å²) in [7, 11) is 0. The second kappa shape index (κ2) is 6.63. The highest BCUT2D eigenvalue weighted by molar-refractivity contribution is 5.78. The number of nitrogens with two attached hydrogens (primary N) is 1. The van der Waals surface area contributed by atoms with Gasteiger partial charge in [-0.15, -0.1) is 0 Å². The predicted octanol–water partition coefficient (Wildman–Crippen LogP) is 1.69. The second-order valence-corrected chi connectivity index (χ2v) is 4.95. The molecule has 1 fully saturated rings. The van der Waals surface area contributed by atoms with Gasteiger partial charge in [0.15, 0.2) is 0 Å². The van der Waals surface area contributed by atoms with Crippen LogP contribution in [-0.2, 0) is 16.1 Å². The van der Waals surface area contributed by atoms with Gasteiger partial charge in [0.1, 0.15) is 5.82 Å². The highest BCUT2D eigenvalue weighted by Gasteiger charge is 2.22. The highest BCUT2D eigenvalue weighted by Crippen LogP contribution is 2.20. The number of carbonyl (C=O) groups is 1. The van der Waals surface area contributed by atoms with E-state index in [0.29, 0.717) is 5.56 Å². The Hall–Kier alpha value is -1.46. The van der Waals surface area contributed by atoms with E-state index in [1.165, 1.54) is 6.07 Å². The average Bonchev–Trinajstić information content (AvgIpc) is 2.42. The van der Waals surface area contributed by atoms with Crippen molar-refractivity contribution in [3.8, 4) is 0 Å². The zero-order valence-corrected chi connectivity index (χ0v) is 10.8. The van der Waals surface area contributed by atoms with Gasteiger partial charge in [-0.2, -0.15) is 0 Å². The molecule has 0 aliphatic heterocycles. The van der Waals surface area contributed by atoms with Crippen LogP contribution in [-0.4, -0.2) is 18.1 Å². The molecule has 0 bridgehead atoms. The lowest BCUT2D eigenvalue weighted by Gasteiger charge is -2.27. The summed E-state index contributed by atoms with van der Waals surface area (Å²) < 4.78 is 13.4. The first-order valence-corrected chi connectivity index (χ1v) is 6.57. The zero-order valence-electron chi connectivity index (χ0n) is 10.8. The molecule has 0 atom stereocenters. The number of amides is 1. The Morgan fingerprint density at radius 2 is 2.00 bits per heavy atom. The fourth-order valence-corrected chi connectivity index (χ4v) is 2.44. The average molecular weight is 266 g/mol. The lowest BCUT2D eigenvalue weighted by Crippen LogP contribution is -2.40. The van der Waals surface area contributed by atoms with Gasteiger partial charge in [0, 0.05) is 6.04 Å². The molecule has 3 N–H and O–H groups in total. The van der Waals surface area contributed by atoms with Crippen molar-refractivity contribution in [1.29, 1.82) is 0 Å². The Morgan fingerprint density at radius 1 is 1.32 bits per heavy atom. The van der Waals surface area contributed by atoms with E-state index in [4.69, 9.17) is 10.7 Å². The van der Waals surface area contributed by atoms with E-state index in [-0.39, 0.29) is 30.3 Å². The monoisotopic (exact) mass is 266 g/mol. The third-order valence-corrected chi connectivity index (χ3v) is 3.54. The first-order chi connectivity index (χ1) is 9.19. The number of nitrogens with one attached hydrogen (secondary N) is 1. The Labute approximate surface area is 112 Å². The van der Waals surface area contributed by atoms with E-state index >= 15 is 0 Å². The number of halogens is 1. The van der Waals surface area contributed by atoms with Gasteiger partial charge in [-0.25, -0.2) is 10.3 Å². The van der Waals surface area contributed by atoms with Gasteiger partial charge in [-0.1, -0.05) is 18.2 Å². The molecule has 2 rings (SSSR count). The van der Waals surface area contributed by atoms with Crippen LogP contribution in [0.2, 0.25) is 0 Å². The summed E-state index contributed by atoms with van der Waals surface area (Å²) in [5.41, 5.74) is 0.430. The molecule has 4 nitrogen and oxygen atoms in total. The summed E-state index contributed by atoms with van der Waals surface area (Å²) in [4.78, 5) is 16.6. The van der Waals surface area contributed by atoms with Crippen molar-refractivity contribution in [1.82, 2.24) is 5.32 Å². The summed E-state index contributed by atoms with van der Waals surface area (Å²) >= 11 is 0. The predicted molar refractivity (Wildman–Crippen MR) is 69.6 cm³/mol. The van der Waals surface area contributed by atoms with E-state index in [0.717, 1.165) is 25.7 Å². The normalized spacial score (nSPS) is 23.1. The van der Waals surface area contributed by atoms with Crippen molar-refractivity contribution in [3.63, 3.8) is 0 Å². The van der Waals surface area contributed by atoms with E-state index in [9.17, 15) is 9.18 Å². The second-order valence-electron chi connectivity index (χ2n) is 4.95. The lowest BCUT2D eigenvalue weighted by atomic mass is 9.93. The lowest BCUT2D eigenvalue weighted by molar-refractivity contribution is -0.121.